The monoisotopic (exact) mass is 459 g/mol. The Kier molecular flexibility index (Phi) is 6.39. The van der Waals surface area contributed by atoms with Gasteiger partial charge in [-0.2, -0.15) is 0 Å². The number of ether oxygens (including phenoxy) is 1. The first-order chi connectivity index (χ1) is 14.9. The predicted molar refractivity (Wildman–Crippen MR) is 123 cm³/mol. The van der Waals surface area contributed by atoms with Crippen molar-refractivity contribution in [2.45, 2.75) is 58.0 Å². The highest BCUT2D eigenvalue weighted by atomic mass is 35.5. The van der Waals surface area contributed by atoms with Crippen LogP contribution in [0.5, 0.6) is 5.75 Å². The average Bonchev–Trinajstić information content (AvgIpc) is 3.30. The summed E-state index contributed by atoms with van der Waals surface area (Å²) >= 11 is 7.89. The van der Waals surface area contributed by atoms with Gasteiger partial charge in [0, 0.05) is 16.5 Å². The van der Waals surface area contributed by atoms with Crippen LogP contribution in [-0.2, 0) is 9.59 Å². The van der Waals surface area contributed by atoms with Gasteiger partial charge in [-0.15, -0.1) is 11.3 Å². The van der Waals surface area contributed by atoms with Crippen LogP contribution >= 0.6 is 22.9 Å². The molecule has 2 aromatic rings. The number of ketones is 1. The summed E-state index contributed by atoms with van der Waals surface area (Å²) in [6, 6.07) is 6.33. The first-order valence-electron chi connectivity index (χ1n) is 10.7. The van der Waals surface area contributed by atoms with Crippen LogP contribution in [0, 0.1) is 6.92 Å². The van der Waals surface area contributed by atoms with E-state index < -0.39 is 17.7 Å². The van der Waals surface area contributed by atoms with Crippen molar-refractivity contribution in [2.75, 3.05) is 6.61 Å². The van der Waals surface area contributed by atoms with Crippen LogP contribution in [0.15, 0.2) is 35.2 Å². The lowest BCUT2D eigenvalue weighted by Gasteiger charge is -2.35. The minimum Gasteiger partial charge on any atom is -0.507 e. The van der Waals surface area contributed by atoms with Crippen molar-refractivity contribution in [1.29, 1.82) is 0 Å². The van der Waals surface area contributed by atoms with Gasteiger partial charge in [0.15, 0.2) is 0 Å². The van der Waals surface area contributed by atoms with Crippen LogP contribution in [0.2, 0.25) is 5.02 Å². The number of hydrogen-bond donors (Lipinski definition) is 1. The number of aryl methyl sites for hydroxylation is 1. The standard InChI is InChI=1S/C24H26ClNO4S/c1-3-30-16-9-10-18(25)17(13-16)21(27)19-20(23-14(2)11-12-31-23)26(24(29)22(19)28)15-7-5-4-6-8-15/h9-13,15,20,27H,3-8H2,1-2H3/b21-19+. The summed E-state index contributed by atoms with van der Waals surface area (Å²) in [5.74, 6) is -0.901. The molecular formula is C24H26ClNO4S. The summed E-state index contributed by atoms with van der Waals surface area (Å²) in [6.45, 7) is 4.29. The Balaban J connectivity index is 1.88. The highest BCUT2D eigenvalue weighted by molar-refractivity contribution is 7.10. The molecule has 0 bridgehead atoms. The van der Waals surface area contributed by atoms with Gasteiger partial charge in [0.1, 0.15) is 17.6 Å². The fourth-order valence-corrected chi connectivity index (χ4v) is 5.84. The number of hydrogen-bond acceptors (Lipinski definition) is 5. The van der Waals surface area contributed by atoms with Crippen LogP contribution in [-0.4, -0.2) is 34.3 Å². The first-order valence-corrected chi connectivity index (χ1v) is 12.0. The number of rotatable bonds is 5. The SMILES string of the molecule is CCOc1ccc(Cl)c(/C(O)=C2\C(=O)C(=O)N(C3CCCCC3)C2c2sccc2C)c1. The van der Waals surface area contributed by atoms with Crippen LogP contribution in [0.3, 0.4) is 0 Å². The summed E-state index contributed by atoms with van der Waals surface area (Å²) < 4.78 is 5.54. The zero-order chi connectivity index (χ0) is 22.1. The lowest BCUT2D eigenvalue weighted by Crippen LogP contribution is -2.40. The fraction of sp³-hybridized carbons (Fsp3) is 0.417. The molecule has 2 heterocycles. The van der Waals surface area contributed by atoms with E-state index in [2.05, 4.69) is 0 Å². The molecule has 1 saturated carbocycles. The van der Waals surface area contributed by atoms with Crippen molar-refractivity contribution in [3.63, 3.8) is 0 Å². The molecule has 31 heavy (non-hydrogen) atoms. The van der Waals surface area contributed by atoms with Gasteiger partial charge in [0.2, 0.25) is 0 Å². The van der Waals surface area contributed by atoms with Crippen molar-refractivity contribution in [2.24, 2.45) is 0 Å². The van der Waals surface area contributed by atoms with Crippen LogP contribution in [0.4, 0.5) is 0 Å². The molecule has 1 aliphatic heterocycles. The van der Waals surface area contributed by atoms with Crippen LogP contribution in [0.25, 0.3) is 5.76 Å². The minimum absolute atomic E-state index is 0.00719. The number of halogens is 1. The third-order valence-electron chi connectivity index (χ3n) is 6.10. The molecule has 7 heteroatoms. The molecule has 4 rings (SSSR count). The van der Waals surface area contributed by atoms with Gasteiger partial charge in [-0.05, 0) is 61.9 Å². The highest BCUT2D eigenvalue weighted by Crippen LogP contribution is 2.46. The van der Waals surface area contributed by atoms with E-state index in [1.54, 1.807) is 23.1 Å². The Labute approximate surface area is 191 Å². The predicted octanol–water partition coefficient (Wildman–Crippen LogP) is 5.86. The van der Waals surface area contributed by atoms with Crippen molar-refractivity contribution in [1.82, 2.24) is 4.90 Å². The van der Waals surface area contributed by atoms with E-state index in [-0.39, 0.29) is 17.4 Å². The van der Waals surface area contributed by atoms with Gasteiger partial charge >= 0.3 is 0 Å². The summed E-state index contributed by atoms with van der Waals surface area (Å²) in [4.78, 5) is 29.1. The number of carbonyl (C=O) groups is 2. The second-order valence-electron chi connectivity index (χ2n) is 8.04. The molecule has 1 aliphatic carbocycles. The van der Waals surface area contributed by atoms with Gasteiger partial charge in [-0.3, -0.25) is 9.59 Å². The van der Waals surface area contributed by atoms with E-state index in [0.29, 0.717) is 22.9 Å². The maximum atomic E-state index is 13.2. The van der Waals surface area contributed by atoms with E-state index in [0.717, 1.165) is 42.5 Å². The number of aliphatic hydroxyl groups is 1. The van der Waals surface area contributed by atoms with Gasteiger partial charge in [0.25, 0.3) is 11.7 Å². The van der Waals surface area contributed by atoms with E-state index in [4.69, 9.17) is 16.3 Å². The Bertz CT molecular complexity index is 1040. The van der Waals surface area contributed by atoms with E-state index in [1.807, 2.05) is 25.3 Å². The Morgan fingerprint density at radius 1 is 1.23 bits per heavy atom. The van der Waals surface area contributed by atoms with E-state index >= 15 is 0 Å². The molecule has 164 valence electrons. The molecule has 1 aromatic carbocycles. The minimum atomic E-state index is -0.654. The molecular weight excluding hydrogens is 434 g/mol. The molecule has 5 nitrogen and oxygen atoms in total. The van der Waals surface area contributed by atoms with E-state index in [1.165, 1.54) is 11.3 Å². The lowest BCUT2D eigenvalue weighted by atomic mass is 9.92. The van der Waals surface area contributed by atoms with Gasteiger partial charge in [-0.25, -0.2) is 0 Å². The third kappa shape index (κ3) is 3.99. The molecule has 0 radical (unpaired) electrons. The number of aliphatic hydroxyl groups excluding tert-OH is 1. The second-order valence-corrected chi connectivity index (χ2v) is 9.40. The largest absolute Gasteiger partial charge is 0.507 e. The Morgan fingerprint density at radius 2 is 1.97 bits per heavy atom. The average molecular weight is 460 g/mol. The molecule has 1 atom stereocenters. The molecule has 1 unspecified atom stereocenters. The fourth-order valence-electron chi connectivity index (χ4n) is 4.60. The topological polar surface area (TPSA) is 66.8 Å². The number of Topliss-reactive ketones (excluding diaryl/α,β-unsaturated/α-hetero) is 1. The van der Waals surface area contributed by atoms with Crippen molar-refractivity contribution in [3.05, 3.63) is 56.2 Å². The van der Waals surface area contributed by atoms with Gasteiger partial charge in [0.05, 0.1) is 17.2 Å². The summed E-state index contributed by atoms with van der Waals surface area (Å²) in [5, 5.41) is 13.6. The first kappa shape index (κ1) is 21.9. The third-order valence-corrected chi connectivity index (χ3v) is 7.50. The maximum absolute atomic E-state index is 13.2. The van der Waals surface area contributed by atoms with Crippen LogP contribution < -0.4 is 4.74 Å². The number of amides is 1. The molecule has 1 aromatic heterocycles. The molecule has 1 amide bonds. The lowest BCUT2D eigenvalue weighted by molar-refractivity contribution is -0.141. The van der Waals surface area contributed by atoms with Crippen molar-refractivity contribution >= 4 is 40.4 Å². The molecule has 0 spiro atoms. The molecule has 2 fully saturated rings. The second kappa shape index (κ2) is 9.05. The normalized spacial score (nSPS) is 21.6. The molecule has 2 aliphatic rings. The number of benzene rings is 1. The smallest absolute Gasteiger partial charge is 0.295 e. The molecule has 1 saturated heterocycles. The summed E-state index contributed by atoms with van der Waals surface area (Å²) in [6.07, 6.45) is 4.95. The number of likely N-dealkylation sites (tertiary alicyclic amines) is 1. The van der Waals surface area contributed by atoms with Crippen molar-refractivity contribution < 1.29 is 19.4 Å². The highest BCUT2D eigenvalue weighted by Gasteiger charge is 2.49. The summed E-state index contributed by atoms with van der Waals surface area (Å²) in [7, 11) is 0. The van der Waals surface area contributed by atoms with Gasteiger partial charge in [-0.1, -0.05) is 30.9 Å². The summed E-state index contributed by atoms with van der Waals surface area (Å²) in [5.41, 5.74) is 1.41. The number of thiophene rings is 1. The van der Waals surface area contributed by atoms with Gasteiger partial charge < -0.3 is 14.7 Å². The zero-order valence-corrected chi connectivity index (χ0v) is 19.3. The maximum Gasteiger partial charge on any atom is 0.295 e. The Hall–Kier alpha value is -2.31. The quantitative estimate of drug-likeness (QED) is 0.345. The number of nitrogens with zero attached hydrogens (tertiary/aromatic N) is 1. The van der Waals surface area contributed by atoms with Crippen LogP contribution in [0.1, 0.15) is 61.1 Å². The van der Waals surface area contributed by atoms with Crippen molar-refractivity contribution in [3.8, 4) is 5.75 Å². The Morgan fingerprint density at radius 3 is 2.61 bits per heavy atom. The zero-order valence-electron chi connectivity index (χ0n) is 17.7. The molecule has 1 N–H and O–H groups in total. The van der Waals surface area contributed by atoms with E-state index in [9.17, 15) is 14.7 Å². The number of carbonyl (C=O) groups excluding carboxylic acids is 2.